The Balaban J connectivity index is 2.83. The Bertz CT molecular complexity index is 473. The Morgan fingerprint density at radius 2 is 2.05 bits per heavy atom. The average molecular weight is 269 g/mol. The van der Waals surface area contributed by atoms with Crippen LogP contribution in [0.5, 0.6) is 11.5 Å². The van der Waals surface area contributed by atoms with Crippen LogP contribution in [0.15, 0.2) is 18.2 Å². The number of aliphatic hydroxyl groups is 1. The van der Waals surface area contributed by atoms with Gasteiger partial charge in [0.25, 0.3) is 5.91 Å². The van der Waals surface area contributed by atoms with E-state index in [-0.39, 0.29) is 12.2 Å². The van der Waals surface area contributed by atoms with Crippen molar-refractivity contribution in [2.24, 2.45) is 0 Å². The van der Waals surface area contributed by atoms with Crippen molar-refractivity contribution in [3.63, 3.8) is 0 Å². The molecule has 0 spiro atoms. The average Bonchev–Trinajstić information content (AvgIpc) is 2.39. The smallest absolute Gasteiger partial charge is 0.331 e. The van der Waals surface area contributed by atoms with E-state index >= 15 is 0 Å². The third-order valence-electron chi connectivity index (χ3n) is 2.32. The van der Waals surface area contributed by atoms with E-state index < -0.39 is 36.0 Å². The van der Waals surface area contributed by atoms with Crippen LogP contribution in [0.25, 0.3) is 0 Å². The topological polar surface area (TPSA) is 116 Å². The molecule has 4 N–H and O–H groups in total. The Kier molecular flexibility index (Phi) is 5.13. The molecule has 1 atom stereocenters. The molecular weight excluding hydrogens is 254 g/mol. The van der Waals surface area contributed by atoms with E-state index in [2.05, 4.69) is 10.1 Å². The summed E-state index contributed by atoms with van der Waals surface area (Å²) in [6.07, 6.45) is 0. The Hall–Kier alpha value is -2.28. The second kappa shape index (κ2) is 6.60. The van der Waals surface area contributed by atoms with Crippen molar-refractivity contribution < 1.29 is 29.6 Å². The lowest BCUT2D eigenvalue weighted by atomic mass is 10.1. The van der Waals surface area contributed by atoms with E-state index in [1.807, 2.05) is 0 Å². The Morgan fingerprint density at radius 3 is 2.63 bits per heavy atom. The molecule has 0 aromatic heterocycles. The molecule has 1 aromatic carbocycles. The van der Waals surface area contributed by atoms with Crippen LogP contribution in [0.4, 0.5) is 0 Å². The third-order valence-corrected chi connectivity index (χ3v) is 2.32. The second-order valence-electron chi connectivity index (χ2n) is 3.63. The van der Waals surface area contributed by atoms with Crippen molar-refractivity contribution in [3.05, 3.63) is 23.8 Å². The summed E-state index contributed by atoms with van der Waals surface area (Å²) in [4.78, 5) is 23.2. The summed E-state index contributed by atoms with van der Waals surface area (Å²) in [5.74, 6) is -2.64. The minimum atomic E-state index is -1.23. The van der Waals surface area contributed by atoms with E-state index in [4.69, 9.17) is 5.11 Å². The van der Waals surface area contributed by atoms with Crippen molar-refractivity contribution in [2.75, 3.05) is 13.2 Å². The fourth-order valence-electron chi connectivity index (χ4n) is 1.37. The van der Waals surface area contributed by atoms with Gasteiger partial charge in [-0.15, -0.1) is 0 Å². The zero-order chi connectivity index (χ0) is 14.4. The lowest BCUT2D eigenvalue weighted by Crippen LogP contribution is -2.44. The number of para-hydroxylation sites is 1. The van der Waals surface area contributed by atoms with Gasteiger partial charge in [0.05, 0.1) is 18.8 Å². The first-order valence-electron chi connectivity index (χ1n) is 5.60. The summed E-state index contributed by atoms with van der Waals surface area (Å²) in [6, 6.07) is 2.61. The molecule has 0 aliphatic rings. The summed E-state index contributed by atoms with van der Waals surface area (Å²) in [5.41, 5.74) is -0.206. The van der Waals surface area contributed by atoms with Gasteiger partial charge in [-0.2, -0.15) is 0 Å². The number of carbonyl (C=O) groups excluding carboxylic acids is 2. The van der Waals surface area contributed by atoms with Crippen LogP contribution >= 0.6 is 0 Å². The van der Waals surface area contributed by atoms with Crippen molar-refractivity contribution in [3.8, 4) is 11.5 Å². The number of hydrogen-bond acceptors (Lipinski definition) is 6. The zero-order valence-electron chi connectivity index (χ0n) is 10.3. The monoisotopic (exact) mass is 269 g/mol. The molecular formula is C12H15NO6. The number of phenols is 2. The molecule has 0 saturated carbocycles. The molecule has 0 aliphatic carbocycles. The number of carbonyl (C=O) groups is 2. The maximum absolute atomic E-state index is 11.8. The predicted octanol–water partition coefficient (Wildman–Crippen LogP) is -0.248. The molecule has 0 radical (unpaired) electrons. The molecule has 1 unspecified atom stereocenters. The predicted molar refractivity (Wildman–Crippen MR) is 64.7 cm³/mol. The SMILES string of the molecule is CCOC(=O)C(CO)NC(=O)c1cccc(O)c1O. The van der Waals surface area contributed by atoms with E-state index in [1.165, 1.54) is 18.2 Å². The molecule has 0 aliphatic heterocycles. The summed E-state index contributed by atoms with van der Waals surface area (Å²) in [7, 11) is 0. The number of aliphatic hydroxyl groups excluding tert-OH is 1. The second-order valence-corrected chi connectivity index (χ2v) is 3.63. The Morgan fingerprint density at radius 1 is 1.37 bits per heavy atom. The van der Waals surface area contributed by atoms with Gasteiger partial charge < -0.3 is 25.4 Å². The van der Waals surface area contributed by atoms with Gasteiger partial charge in [-0.25, -0.2) is 4.79 Å². The van der Waals surface area contributed by atoms with Gasteiger partial charge in [0, 0.05) is 0 Å². The van der Waals surface area contributed by atoms with Gasteiger partial charge in [0.2, 0.25) is 0 Å². The highest BCUT2D eigenvalue weighted by molar-refractivity contribution is 5.99. The van der Waals surface area contributed by atoms with Gasteiger partial charge >= 0.3 is 5.97 Å². The molecule has 7 nitrogen and oxygen atoms in total. The lowest BCUT2D eigenvalue weighted by molar-refractivity contribution is -0.146. The first kappa shape index (κ1) is 14.8. The maximum atomic E-state index is 11.8. The molecule has 1 amide bonds. The summed E-state index contributed by atoms with van der Waals surface area (Å²) >= 11 is 0. The molecule has 1 aromatic rings. The number of nitrogens with one attached hydrogen (secondary N) is 1. The van der Waals surface area contributed by atoms with Crippen molar-refractivity contribution in [1.82, 2.24) is 5.32 Å². The lowest BCUT2D eigenvalue weighted by Gasteiger charge is -2.15. The molecule has 1 rings (SSSR count). The van der Waals surface area contributed by atoms with Crippen LogP contribution in [0, 0.1) is 0 Å². The Labute approximate surface area is 109 Å². The number of rotatable bonds is 5. The summed E-state index contributed by atoms with van der Waals surface area (Å²) in [6.45, 7) is 1.07. The standard InChI is InChI=1S/C12H15NO6/c1-2-19-12(18)8(6-14)13-11(17)7-4-3-5-9(15)10(7)16/h3-5,8,14-16H,2,6H2,1H3,(H,13,17). The third kappa shape index (κ3) is 3.59. The van der Waals surface area contributed by atoms with E-state index in [1.54, 1.807) is 6.92 Å². The number of hydrogen-bond donors (Lipinski definition) is 4. The number of aromatic hydroxyl groups is 2. The van der Waals surface area contributed by atoms with Gasteiger partial charge in [0.1, 0.15) is 0 Å². The normalized spacial score (nSPS) is 11.7. The van der Waals surface area contributed by atoms with Crippen LogP contribution in [-0.4, -0.2) is 46.5 Å². The maximum Gasteiger partial charge on any atom is 0.331 e. The van der Waals surface area contributed by atoms with Gasteiger partial charge in [-0.1, -0.05) is 6.07 Å². The number of phenolic OH excluding ortho intramolecular Hbond substituents is 2. The van der Waals surface area contributed by atoms with E-state index in [9.17, 15) is 19.8 Å². The molecule has 0 saturated heterocycles. The largest absolute Gasteiger partial charge is 0.504 e. The van der Waals surface area contributed by atoms with Gasteiger partial charge in [0.15, 0.2) is 17.5 Å². The van der Waals surface area contributed by atoms with Crippen LogP contribution in [0.2, 0.25) is 0 Å². The van der Waals surface area contributed by atoms with E-state index in [0.717, 1.165) is 0 Å². The number of esters is 1. The fourth-order valence-corrected chi connectivity index (χ4v) is 1.37. The highest BCUT2D eigenvalue weighted by Crippen LogP contribution is 2.27. The minimum Gasteiger partial charge on any atom is -0.504 e. The first-order valence-corrected chi connectivity index (χ1v) is 5.60. The van der Waals surface area contributed by atoms with Crippen molar-refractivity contribution in [1.29, 1.82) is 0 Å². The van der Waals surface area contributed by atoms with Gasteiger partial charge in [-0.05, 0) is 19.1 Å². The summed E-state index contributed by atoms with van der Waals surface area (Å²) in [5, 5.41) is 30.0. The molecule has 104 valence electrons. The molecule has 0 heterocycles. The quantitative estimate of drug-likeness (QED) is 0.433. The van der Waals surface area contributed by atoms with Crippen molar-refractivity contribution >= 4 is 11.9 Å². The number of amides is 1. The fraction of sp³-hybridized carbons (Fsp3) is 0.333. The van der Waals surface area contributed by atoms with Crippen LogP contribution in [-0.2, 0) is 9.53 Å². The molecule has 0 fully saturated rings. The van der Waals surface area contributed by atoms with E-state index in [0.29, 0.717) is 0 Å². The van der Waals surface area contributed by atoms with Crippen LogP contribution in [0.1, 0.15) is 17.3 Å². The highest BCUT2D eigenvalue weighted by atomic mass is 16.5. The number of ether oxygens (including phenoxy) is 1. The number of benzene rings is 1. The molecule has 19 heavy (non-hydrogen) atoms. The zero-order valence-corrected chi connectivity index (χ0v) is 10.3. The summed E-state index contributed by atoms with van der Waals surface area (Å²) < 4.78 is 4.66. The van der Waals surface area contributed by atoms with Gasteiger partial charge in [-0.3, -0.25) is 4.79 Å². The van der Waals surface area contributed by atoms with Crippen molar-refractivity contribution in [2.45, 2.75) is 13.0 Å². The minimum absolute atomic E-state index is 0.114. The highest BCUT2D eigenvalue weighted by Gasteiger charge is 2.23. The molecule has 0 bridgehead atoms. The molecule has 7 heteroatoms. The first-order chi connectivity index (χ1) is 9.01. The van der Waals surface area contributed by atoms with Crippen LogP contribution < -0.4 is 5.32 Å². The van der Waals surface area contributed by atoms with Crippen LogP contribution in [0.3, 0.4) is 0 Å².